The molecular formula is C9H9FN2O2S. The Bertz CT molecular complexity index is 517. The molecule has 0 aromatic heterocycles. The van der Waals surface area contributed by atoms with Crippen LogP contribution in [-0.4, -0.2) is 26.8 Å². The summed E-state index contributed by atoms with van der Waals surface area (Å²) in [6, 6.07) is 4.70. The summed E-state index contributed by atoms with van der Waals surface area (Å²) in [6.07, 6.45) is 0. The van der Waals surface area contributed by atoms with E-state index in [-0.39, 0.29) is 10.5 Å². The quantitative estimate of drug-likeness (QED) is 0.757. The summed E-state index contributed by atoms with van der Waals surface area (Å²) in [6.45, 7) is 0. The molecule has 0 fully saturated rings. The molecule has 4 nitrogen and oxygen atoms in total. The SMILES string of the molecule is CN(C)S(=O)(=O)c1ccc(F)c(C#N)c1. The fraction of sp³-hybridized carbons (Fsp3) is 0.222. The predicted octanol–water partition coefficient (Wildman–Crippen LogP) is 0.948. The van der Waals surface area contributed by atoms with Crippen molar-refractivity contribution in [2.24, 2.45) is 0 Å². The van der Waals surface area contributed by atoms with E-state index in [1.54, 1.807) is 6.07 Å². The molecule has 0 N–H and O–H groups in total. The number of hydrogen-bond donors (Lipinski definition) is 0. The largest absolute Gasteiger partial charge is 0.242 e. The highest BCUT2D eigenvalue weighted by atomic mass is 32.2. The molecule has 0 spiro atoms. The topological polar surface area (TPSA) is 61.2 Å². The van der Waals surface area contributed by atoms with Crippen molar-refractivity contribution in [3.05, 3.63) is 29.6 Å². The van der Waals surface area contributed by atoms with Gasteiger partial charge in [0.05, 0.1) is 10.5 Å². The van der Waals surface area contributed by atoms with Crippen LogP contribution in [-0.2, 0) is 10.0 Å². The van der Waals surface area contributed by atoms with E-state index in [9.17, 15) is 12.8 Å². The van der Waals surface area contributed by atoms with Crippen molar-refractivity contribution in [1.29, 1.82) is 5.26 Å². The molecule has 0 amide bonds. The van der Waals surface area contributed by atoms with Crippen molar-refractivity contribution in [2.45, 2.75) is 4.90 Å². The second-order valence-corrected chi connectivity index (χ2v) is 5.19. The van der Waals surface area contributed by atoms with Crippen LogP contribution in [0.15, 0.2) is 23.1 Å². The lowest BCUT2D eigenvalue weighted by molar-refractivity contribution is 0.520. The molecule has 0 saturated heterocycles. The molecule has 0 saturated carbocycles. The molecule has 0 bridgehead atoms. The van der Waals surface area contributed by atoms with Gasteiger partial charge in [0.1, 0.15) is 11.9 Å². The van der Waals surface area contributed by atoms with Gasteiger partial charge in [-0.15, -0.1) is 0 Å². The van der Waals surface area contributed by atoms with E-state index in [0.29, 0.717) is 0 Å². The number of halogens is 1. The van der Waals surface area contributed by atoms with E-state index in [0.717, 1.165) is 22.5 Å². The Labute approximate surface area is 87.6 Å². The summed E-state index contributed by atoms with van der Waals surface area (Å²) < 4.78 is 37.1. The number of sulfonamides is 1. The Hall–Kier alpha value is -1.45. The highest BCUT2D eigenvalue weighted by Crippen LogP contribution is 2.16. The molecule has 1 rings (SSSR count). The van der Waals surface area contributed by atoms with Gasteiger partial charge in [0.15, 0.2) is 0 Å². The molecular weight excluding hydrogens is 219 g/mol. The molecule has 0 heterocycles. The highest BCUT2D eigenvalue weighted by Gasteiger charge is 2.18. The van der Waals surface area contributed by atoms with Crippen molar-refractivity contribution in [3.8, 4) is 6.07 Å². The molecule has 0 aliphatic carbocycles. The van der Waals surface area contributed by atoms with Crippen molar-refractivity contribution >= 4 is 10.0 Å². The molecule has 6 heteroatoms. The summed E-state index contributed by atoms with van der Waals surface area (Å²) in [5.74, 6) is -0.727. The van der Waals surface area contributed by atoms with Crippen LogP contribution in [0.5, 0.6) is 0 Å². The molecule has 1 aromatic carbocycles. The van der Waals surface area contributed by atoms with Crippen LogP contribution in [0.2, 0.25) is 0 Å². The van der Waals surface area contributed by atoms with Crippen LogP contribution in [0.1, 0.15) is 5.56 Å². The third kappa shape index (κ3) is 2.14. The van der Waals surface area contributed by atoms with Crippen molar-refractivity contribution < 1.29 is 12.8 Å². The van der Waals surface area contributed by atoms with Gasteiger partial charge < -0.3 is 0 Å². The number of nitrogens with zero attached hydrogens (tertiary/aromatic N) is 2. The van der Waals surface area contributed by atoms with Crippen LogP contribution in [0, 0.1) is 17.1 Å². The monoisotopic (exact) mass is 228 g/mol. The van der Waals surface area contributed by atoms with E-state index in [1.807, 2.05) is 0 Å². The molecule has 0 radical (unpaired) electrons. The minimum atomic E-state index is -3.61. The fourth-order valence-electron chi connectivity index (χ4n) is 0.961. The lowest BCUT2D eigenvalue weighted by atomic mass is 10.2. The average molecular weight is 228 g/mol. The first-order valence-corrected chi connectivity index (χ1v) is 5.46. The Morgan fingerprint density at radius 1 is 1.40 bits per heavy atom. The van der Waals surface area contributed by atoms with Crippen LogP contribution in [0.3, 0.4) is 0 Å². The van der Waals surface area contributed by atoms with Crippen molar-refractivity contribution in [3.63, 3.8) is 0 Å². The lowest BCUT2D eigenvalue weighted by Gasteiger charge is -2.11. The molecule has 0 unspecified atom stereocenters. The Kier molecular flexibility index (Phi) is 3.07. The third-order valence-electron chi connectivity index (χ3n) is 1.84. The predicted molar refractivity (Wildman–Crippen MR) is 52.0 cm³/mol. The maximum Gasteiger partial charge on any atom is 0.242 e. The maximum atomic E-state index is 12.9. The van der Waals surface area contributed by atoms with Gasteiger partial charge in [-0.1, -0.05) is 0 Å². The number of nitriles is 1. The van der Waals surface area contributed by atoms with Gasteiger partial charge in [0, 0.05) is 14.1 Å². The molecule has 0 aliphatic heterocycles. The van der Waals surface area contributed by atoms with Crippen LogP contribution in [0.25, 0.3) is 0 Å². The first kappa shape index (κ1) is 11.6. The van der Waals surface area contributed by atoms with E-state index in [1.165, 1.54) is 14.1 Å². The summed E-state index contributed by atoms with van der Waals surface area (Å²) in [5.41, 5.74) is -0.280. The van der Waals surface area contributed by atoms with Gasteiger partial charge >= 0.3 is 0 Å². The molecule has 80 valence electrons. The average Bonchev–Trinajstić information content (AvgIpc) is 2.18. The Morgan fingerprint density at radius 2 is 2.00 bits per heavy atom. The summed E-state index contributed by atoms with van der Waals surface area (Å²) in [4.78, 5) is -0.0922. The van der Waals surface area contributed by atoms with Crippen LogP contribution in [0.4, 0.5) is 4.39 Å². The van der Waals surface area contributed by atoms with E-state index in [4.69, 9.17) is 5.26 Å². The van der Waals surface area contributed by atoms with Crippen molar-refractivity contribution in [2.75, 3.05) is 14.1 Å². The second-order valence-electron chi connectivity index (χ2n) is 3.04. The van der Waals surface area contributed by atoms with Crippen LogP contribution >= 0.6 is 0 Å². The smallest absolute Gasteiger partial charge is 0.207 e. The van der Waals surface area contributed by atoms with E-state index in [2.05, 4.69) is 0 Å². The Morgan fingerprint density at radius 3 is 2.47 bits per heavy atom. The van der Waals surface area contributed by atoms with Crippen molar-refractivity contribution in [1.82, 2.24) is 4.31 Å². The second kappa shape index (κ2) is 3.96. The summed E-state index contributed by atoms with van der Waals surface area (Å²) in [5, 5.41) is 8.55. The van der Waals surface area contributed by atoms with Gasteiger partial charge in [-0.3, -0.25) is 0 Å². The fourth-order valence-corrected chi connectivity index (χ4v) is 1.89. The van der Waals surface area contributed by atoms with Gasteiger partial charge in [0.2, 0.25) is 10.0 Å². The first-order chi connectivity index (χ1) is 6.89. The van der Waals surface area contributed by atoms with Crippen LogP contribution < -0.4 is 0 Å². The van der Waals surface area contributed by atoms with Gasteiger partial charge in [-0.2, -0.15) is 5.26 Å². The normalized spacial score (nSPS) is 11.4. The Balaban J connectivity index is 3.37. The zero-order chi connectivity index (χ0) is 11.6. The molecule has 1 aromatic rings. The minimum absolute atomic E-state index is 0.0922. The van der Waals surface area contributed by atoms with Gasteiger partial charge in [-0.05, 0) is 18.2 Å². The minimum Gasteiger partial charge on any atom is -0.207 e. The summed E-state index contributed by atoms with van der Waals surface area (Å²) >= 11 is 0. The zero-order valence-corrected chi connectivity index (χ0v) is 9.05. The first-order valence-electron chi connectivity index (χ1n) is 4.02. The highest BCUT2D eigenvalue weighted by molar-refractivity contribution is 7.89. The number of benzene rings is 1. The van der Waals surface area contributed by atoms with Gasteiger partial charge in [0.25, 0.3) is 0 Å². The molecule has 15 heavy (non-hydrogen) atoms. The zero-order valence-electron chi connectivity index (χ0n) is 8.23. The van der Waals surface area contributed by atoms with Gasteiger partial charge in [-0.25, -0.2) is 17.1 Å². The lowest BCUT2D eigenvalue weighted by Crippen LogP contribution is -2.22. The van der Waals surface area contributed by atoms with E-state index >= 15 is 0 Å². The summed E-state index contributed by atoms with van der Waals surface area (Å²) in [7, 11) is -0.879. The molecule has 0 atom stereocenters. The van der Waals surface area contributed by atoms with E-state index < -0.39 is 15.8 Å². The number of rotatable bonds is 2. The standard InChI is InChI=1S/C9H9FN2O2S/c1-12(2)15(13,14)8-3-4-9(10)7(5-8)6-11/h3-5H,1-2H3. The molecule has 0 aliphatic rings. The maximum absolute atomic E-state index is 12.9. The third-order valence-corrected chi connectivity index (χ3v) is 3.65. The number of hydrogen-bond acceptors (Lipinski definition) is 3.